The number of benzene rings is 2. The summed E-state index contributed by atoms with van der Waals surface area (Å²) < 4.78 is 0. The average Bonchev–Trinajstić information content (AvgIpc) is 2.46. The zero-order chi connectivity index (χ0) is 16.3. The largest absolute Gasteiger partial charge is 0.344 e. The van der Waals surface area contributed by atoms with Gasteiger partial charge in [-0.3, -0.25) is 0 Å². The highest BCUT2D eigenvalue weighted by atomic mass is 35.5. The number of rotatable bonds is 5. The van der Waals surface area contributed by atoms with Crippen LogP contribution in [-0.2, 0) is 0 Å². The lowest BCUT2D eigenvalue weighted by molar-refractivity contribution is 0.243. The van der Waals surface area contributed by atoms with Crippen LogP contribution in [0.25, 0.3) is 0 Å². The molecule has 0 N–H and O–H groups in total. The topological polar surface area (TPSA) is 6.48 Å². The summed E-state index contributed by atoms with van der Waals surface area (Å²) in [6.45, 7) is 0. The summed E-state index contributed by atoms with van der Waals surface area (Å²) in [6.07, 6.45) is 0. The molecule has 22 heavy (non-hydrogen) atoms. The van der Waals surface area contributed by atoms with Gasteiger partial charge in [-0.25, -0.2) is 0 Å². The molecule has 0 saturated heterocycles. The first-order valence-electron chi connectivity index (χ1n) is 7.25. The third kappa shape index (κ3) is 3.69. The highest BCUT2D eigenvalue weighted by molar-refractivity contribution is 6.32. The van der Waals surface area contributed by atoms with E-state index in [0.29, 0.717) is 0 Å². The Morgan fingerprint density at radius 2 is 1.05 bits per heavy atom. The molecule has 0 aromatic heterocycles. The standard InChI is InChI=1S/C16H20B2Cl2N2/c1-21(17)15(11-7-3-5-9-13(11)19)16(22(2)18)12-8-4-6-10-14(12)20/h3-10,15-16H,17-18H2,1-2H3. The summed E-state index contributed by atoms with van der Waals surface area (Å²) in [5, 5.41) is 1.56. The monoisotopic (exact) mass is 332 g/mol. The Hall–Kier alpha value is -0.930. The van der Waals surface area contributed by atoms with E-state index in [2.05, 4.69) is 51.8 Å². The van der Waals surface area contributed by atoms with Crippen LogP contribution in [0.2, 0.25) is 10.0 Å². The summed E-state index contributed by atoms with van der Waals surface area (Å²) in [5.74, 6) is 0. The van der Waals surface area contributed by atoms with Crippen molar-refractivity contribution in [3.05, 3.63) is 69.7 Å². The SMILES string of the molecule is BN(C)C(c1ccccc1Cl)C(c1ccccc1Cl)N(B)C. The Balaban J connectivity index is 2.57. The van der Waals surface area contributed by atoms with Crippen LogP contribution in [0, 0.1) is 0 Å². The molecule has 0 aliphatic heterocycles. The molecule has 0 aliphatic rings. The average molecular weight is 333 g/mol. The highest BCUT2D eigenvalue weighted by Gasteiger charge is 2.30. The van der Waals surface area contributed by atoms with E-state index in [9.17, 15) is 0 Å². The molecule has 0 radical (unpaired) electrons. The van der Waals surface area contributed by atoms with E-state index in [1.807, 2.05) is 36.4 Å². The fourth-order valence-corrected chi connectivity index (χ4v) is 3.39. The Kier molecular flexibility index (Phi) is 5.99. The van der Waals surface area contributed by atoms with Gasteiger partial charge in [-0.2, -0.15) is 0 Å². The highest BCUT2D eigenvalue weighted by Crippen LogP contribution is 2.40. The van der Waals surface area contributed by atoms with Gasteiger partial charge < -0.3 is 9.62 Å². The third-order valence-corrected chi connectivity index (χ3v) is 4.55. The Morgan fingerprint density at radius 1 is 0.727 bits per heavy atom. The van der Waals surface area contributed by atoms with Gasteiger partial charge in [-0.05, 0) is 37.4 Å². The molecule has 0 fully saturated rings. The zero-order valence-electron chi connectivity index (χ0n) is 13.4. The molecule has 0 bridgehead atoms. The van der Waals surface area contributed by atoms with Crippen molar-refractivity contribution in [3.8, 4) is 0 Å². The number of halogens is 2. The predicted octanol–water partition coefficient (Wildman–Crippen LogP) is 2.74. The number of hydrogen-bond donors (Lipinski definition) is 0. The second-order valence-electron chi connectivity index (χ2n) is 5.86. The van der Waals surface area contributed by atoms with E-state index in [1.54, 1.807) is 0 Å². The van der Waals surface area contributed by atoms with Gasteiger partial charge in [-0.1, -0.05) is 59.6 Å². The maximum atomic E-state index is 6.46. The first-order chi connectivity index (χ1) is 10.4. The minimum atomic E-state index is 0.101. The van der Waals surface area contributed by atoms with Crippen molar-refractivity contribution in [3.63, 3.8) is 0 Å². The molecule has 6 heteroatoms. The maximum absolute atomic E-state index is 6.46. The third-order valence-electron chi connectivity index (χ3n) is 3.86. The van der Waals surface area contributed by atoms with Gasteiger partial charge in [0, 0.05) is 22.1 Å². The first kappa shape index (κ1) is 17.4. The summed E-state index contributed by atoms with van der Waals surface area (Å²) in [4.78, 5) is 4.38. The van der Waals surface area contributed by atoms with Gasteiger partial charge in [-0.15, -0.1) is 0 Å². The number of likely N-dealkylation sites (N-methyl/N-ethyl adjacent to an activating group) is 2. The van der Waals surface area contributed by atoms with Crippen molar-refractivity contribution in [1.29, 1.82) is 0 Å². The van der Waals surface area contributed by atoms with Crippen LogP contribution in [0.3, 0.4) is 0 Å². The van der Waals surface area contributed by atoms with Crippen molar-refractivity contribution in [2.75, 3.05) is 14.1 Å². The van der Waals surface area contributed by atoms with Gasteiger partial charge in [0.15, 0.2) is 16.0 Å². The van der Waals surface area contributed by atoms with Crippen LogP contribution in [-0.4, -0.2) is 39.7 Å². The molecule has 2 nitrogen and oxygen atoms in total. The van der Waals surface area contributed by atoms with Crippen molar-refractivity contribution < 1.29 is 0 Å². The van der Waals surface area contributed by atoms with E-state index in [0.717, 1.165) is 21.2 Å². The van der Waals surface area contributed by atoms with Crippen molar-refractivity contribution in [1.82, 2.24) is 9.62 Å². The maximum Gasteiger partial charge on any atom is 0.185 e. The van der Waals surface area contributed by atoms with Gasteiger partial charge >= 0.3 is 0 Å². The number of hydrogen-bond acceptors (Lipinski definition) is 2. The fraction of sp³-hybridized carbons (Fsp3) is 0.250. The molecular weight excluding hydrogens is 313 g/mol. The van der Waals surface area contributed by atoms with Crippen molar-refractivity contribution in [2.24, 2.45) is 0 Å². The van der Waals surface area contributed by atoms with Gasteiger partial charge in [0.2, 0.25) is 0 Å². The zero-order valence-corrected chi connectivity index (χ0v) is 14.9. The van der Waals surface area contributed by atoms with Gasteiger partial charge in [0.05, 0.1) is 0 Å². The van der Waals surface area contributed by atoms with Crippen LogP contribution in [0.4, 0.5) is 0 Å². The molecule has 0 heterocycles. The summed E-state index contributed by atoms with van der Waals surface area (Å²) in [5.41, 5.74) is 2.21. The van der Waals surface area contributed by atoms with Crippen LogP contribution in [0.1, 0.15) is 23.2 Å². The van der Waals surface area contributed by atoms with E-state index in [-0.39, 0.29) is 12.1 Å². The first-order valence-corrected chi connectivity index (χ1v) is 8.00. The smallest absolute Gasteiger partial charge is 0.185 e. The molecule has 114 valence electrons. The second kappa shape index (κ2) is 7.56. The molecule has 0 saturated carbocycles. The molecule has 2 atom stereocenters. The summed E-state index contributed by atoms with van der Waals surface area (Å²) in [6, 6.07) is 16.2. The minimum absolute atomic E-state index is 0.101. The van der Waals surface area contributed by atoms with E-state index >= 15 is 0 Å². The second-order valence-corrected chi connectivity index (χ2v) is 6.67. The van der Waals surface area contributed by atoms with E-state index in [4.69, 9.17) is 23.2 Å². The van der Waals surface area contributed by atoms with Crippen LogP contribution in [0.5, 0.6) is 0 Å². The minimum Gasteiger partial charge on any atom is -0.344 e. The Bertz CT molecular complexity index is 580. The molecule has 2 unspecified atom stereocenters. The van der Waals surface area contributed by atoms with Crippen LogP contribution in [0.15, 0.2) is 48.5 Å². The van der Waals surface area contributed by atoms with Crippen LogP contribution < -0.4 is 0 Å². The molecule has 0 spiro atoms. The normalized spacial score (nSPS) is 14.3. The lowest BCUT2D eigenvalue weighted by Gasteiger charge is -2.38. The molecule has 2 aromatic rings. The molecule has 2 aromatic carbocycles. The molecule has 2 rings (SSSR count). The Morgan fingerprint density at radius 3 is 1.32 bits per heavy atom. The fourth-order valence-electron chi connectivity index (χ4n) is 2.89. The number of nitrogens with zero attached hydrogens (tertiary/aromatic N) is 2. The molecule has 0 amide bonds. The van der Waals surface area contributed by atoms with Gasteiger partial charge in [0.1, 0.15) is 0 Å². The van der Waals surface area contributed by atoms with E-state index in [1.165, 1.54) is 0 Å². The predicted molar refractivity (Wildman–Crippen MR) is 101 cm³/mol. The van der Waals surface area contributed by atoms with Crippen LogP contribution >= 0.6 is 23.2 Å². The molecule has 0 aliphatic carbocycles. The summed E-state index contributed by atoms with van der Waals surface area (Å²) in [7, 11) is 8.28. The van der Waals surface area contributed by atoms with E-state index < -0.39 is 0 Å². The summed E-state index contributed by atoms with van der Waals surface area (Å²) >= 11 is 12.9. The quantitative estimate of drug-likeness (QED) is 0.777. The van der Waals surface area contributed by atoms with Crippen molar-refractivity contribution >= 4 is 39.2 Å². The molecular formula is C16H20B2Cl2N2. The Labute approximate surface area is 144 Å². The van der Waals surface area contributed by atoms with Crippen molar-refractivity contribution in [2.45, 2.75) is 12.1 Å². The lowest BCUT2D eigenvalue weighted by Crippen LogP contribution is -2.36. The van der Waals surface area contributed by atoms with Gasteiger partial charge in [0.25, 0.3) is 0 Å². The lowest BCUT2D eigenvalue weighted by atomic mass is 9.88.